The third-order valence-corrected chi connectivity index (χ3v) is 4.89. The Bertz CT molecular complexity index is 213. The second kappa shape index (κ2) is 5.05. The van der Waals surface area contributed by atoms with Gasteiger partial charge in [-0.2, -0.15) is 0 Å². The number of nitrogens with two attached hydrogens (primary N) is 1. The van der Waals surface area contributed by atoms with Crippen molar-refractivity contribution >= 4 is 0 Å². The quantitative estimate of drug-likeness (QED) is 0.798. The summed E-state index contributed by atoms with van der Waals surface area (Å²) in [6.07, 6.45) is 9.66. The van der Waals surface area contributed by atoms with E-state index in [0.29, 0.717) is 6.04 Å². The Labute approximate surface area is 101 Å². The molecule has 1 saturated carbocycles. The van der Waals surface area contributed by atoms with Gasteiger partial charge in [0.05, 0.1) is 0 Å². The van der Waals surface area contributed by atoms with E-state index in [1.165, 1.54) is 58.0 Å². The molecule has 16 heavy (non-hydrogen) atoms. The van der Waals surface area contributed by atoms with E-state index in [9.17, 15) is 0 Å². The molecule has 1 heterocycles. The van der Waals surface area contributed by atoms with Crippen LogP contribution in [0.15, 0.2) is 0 Å². The van der Waals surface area contributed by atoms with E-state index < -0.39 is 0 Å². The van der Waals surface area contributed by atoms with Crippen molar-refractivity contribution in [3.05, 3.63) is 0 Å². The largest absolute Gasteiger partial charge is 0.326 e. The van der Waals surface area contributed by atoms with Crippen molar-refractivity contribution in [3.63, 3.8) is 0 Å². The Kier molecular flexibility index (Phi) is 3.91. The normalized spacial score (nSPS) is 27.2. The van der Waals surface area contributed by atoms with Crippen molar-refractivity contribution in [2.45, 2.75) is 70.4 Å². The van der Waals surface area contributed by atoms with Gasteiger partial charge < -0.3 is 5.73 Å². The first kappa shape index (κ1) is 12.4. The van der Waals surface area contributed by atoms with Crippen LogP contribution in [0.5, 0.6) is 0 Å². The van der Waals surface area contributed by atoms with Crippen molar-refractivity contribution in [1.82, 2.24) is 4.90 Å². The van der Waals surface area contributed by atoms with Crippen LogP contribution < -0.4 is 5.73 Å². The molecule has 1 atom stereocenters. The molecule has 0 amide bonds. The summed E-state index contributed by atoms with van der Waals surface area (Å²) in [5, 5.41) is 0. The van der Waals surface area contributed by atoms with E-state index in [-0.39, 0.29) is 5.54 Å². The summed E-state index contributed by atoms with van der Waals surface area (Å²) < 4.78 is 0. The molecule has 0 aromatic rings. The molecule has 2 heteroatoms. The zero-order valence-electron chi connectivity index (χ0n) is 11.0. The van der Waals surface area contributed by atoms with Crippen molar-refractivity contribution in [2.24, 2.45) is 11.7 Å². The second-order valence-corrected chi connectivity index (χ2v) is 6.27. The maximum atomic E-state index is 6.56. The third kappa shape index (κ3) is 2.43. The van der Waals surface area contributed by atoms with E-state index >= 15 is 0 Å². The molecule has 0 bridgehead atoms. The van der Waals surface area contributed by atoms with Gasteiger partial charge in [-0.15, -0.1) is 0 Å². The van der Waals surface area contributed by atoms with Crippen LogP contribution in [0, 0.1) is 5.92 Å². The molecule has 2 N–H and O–H groups in total. The van der Waals surface area contributed by atoms with Gasteiger partial charge in [0, 0.05) is 11.6 Å². The Morgan fingerprint density at radius 3 is 2.12 bits per heavy atom. The summed E-state index contributed by atoms with van der Waals surface area (Å²) in [4.78, 5) is 2.62. The predicted molar refractivity (Wildman–Crippen MR) is 69.4 cm³/mol. The lowest BCUT2D eigenvalue weighted by molar-refractivity contribution is 0.0851. The highest BCUT2D eigenvalue weighted by molar-refractivity contribution is 4.97. The molecule has 1 unspecified atom stereocenters. The van der Waals surface area contributed by atoms with Crippen LogP contribution in [0.25, 0.3) is 0 Å². The Balaban J connectivity index is 1.97. The summed E-state index contributed by atoms with van der Waals surface area (Å²) in [7, 11) is 0. The summed E-state index contributed by atoms with van der Waals surface area (Å²) in [6, 6.07) is 0.367. The number of nitrogens with zero attached hydrogens (tertiary/aromatic N) is 1. The average molecular weight is 224 g/mol. The highest BCUT2D eigenvalue weighted by Gasteiger charge is 2.38. The highest BCUT2D eigenvalue weighted by Crippen LogP contribution is 2.33. The topological polar surface area (TPSA) is 29.3 Å². The van der Waals surface area contributed by atoms with Crippen LogP contribution >= 0.6 is 0 Å². The maximum absolute atomic E-state index is 6.56. The van der Waals surface area contributed by atoms with Gasteiger partial charge in [-0.05, 0) is 58.5 Å². The zero-order chi connectivity index (χ0) is 11.6. The summed E-state index contributed by atoms with van der Waals surface area (Å²) >= 11 is 0. The van der Waals surface area contributed by atoms with Crippen molar-refractivity contribution in [1.29, 1.82) is 0 Å². The second-order valence-electron chi connectivity index (χ2n) is 6.27. The fourth-order valence-corrected chi connectivity index (χ4v) is 3.57. The van der Waals surface area contributed by atoms with E-state index in [2.05, 4.69) is 18.7 Å². The number of hydrogen-bond donors (Lipinski definition) is 1. The lowest BCUT2D eigenvalue weighted by atomic mass is 9.76. The van der Waals surface area contributed by atoms with E-state index in [0.717, 1.165) is 5.92 Å². The molecule has 1 aliphatic heterocycles. The predicted octanol–water partition coefficient (Wildman–Crippen LogP) is 2.77. The van der Waals surface area contributed by atoms with Gasteiger partial charge in [0.25, 0.3) is 0 Å². The molecule has 2 aliphatic rings. The van der Waals surface area contributed by atoms with E-state index in [1.807, 2.05) is 0 Å². The zero-order valence-corrected chi connectivity index (χ0v) is 11.0. The average Bonchev–Trinajstić information content (AvgIpc) is 2.83. The fraction of sp³-hybridized carbons (Fsp3) is 1.00. The van der Waals surface area contributed by atoms with Crippen LogP contribution in [0.3, 0.4) is 0 Å². The molecule has 1 saturated heterocycles. The third-order valence-electron chi connectivity index (χ3n) is 4.89. The minimum absolute atomic E-state index is 0.207. The number of rotatable bonds is 3. The SMILES string of the molecule is CC(C)(C(N)C1CCCCC1)N1CCCC1. The Morgan fingerprint density at radius 2 is 1.56 bits per heavy atom. The summed E-state index contributed by atoms with van der Waals surface area (Å²) in [5.74, 6) is 0.768. The molecular weight excluding hydrogens is 196 g/mol. The summed E-state index contributed by atoms with van der Waals surface area (Å²) in [5.41, 5.74) is 6.77. The molecule has 0 radical (unpaired) electrons. The van der Waals surface area contributed by atoms with Crippen LogP contribution in [0.2, 0.25) is 0 Å². The molecule has 94 valence electrons. The van der Waals surface area contributed by atoms with Gasteiger partial charge in [0.1, 0.15) is 0 Å². The van der Waals surface area contributed by atoms with Gasteiger partial charge in [-0.25, -0.2) is 0 Å². The number of hydrogen-bond acceptors (Lipinski definition) is 2. The number of likely N-dealkylation sites (tertiary alicyclic amines) is 1. The van der Waals surface area contributed by atoms with Crippen molar-refractivity contribution in [3.8, 4) is 0 Å². The standard InChI is InChI=1S/C14H28N2/c1-14(2,16-10-6-7-11-16)13(15)12-8-4-3-5-9-12/h12-13H,3-11,15H2,1-2H3. The minimum atomic E-state index is 0.207. The first-order valence-corrected chi connectivity index (χ1v) is 7.13. The first-order chi connectivity index (χ1) is 7.62. The Morgan fingerprint density at radius 1 is 1.00 bits per heavy atom. The molecule has 0 aromatic carbocycles. The smallest absolute Gasteiger partial charge is 0.0306 e. The van der Waals surface area contributed by atoms with Crippen LogP contribution in [0.4, 0.5) is 0 Å². The highest BCUT2D eigenvalue weighted by atomic mass is 15.2. The molecular formula is C14H28N2. The van der Waals surface area contributed by atoms with Crippen molar-refractivity contribution in [2.75, 3.05) is 13.1 Å². The van der Waals surface area contributed by atoms with E-state index in [4.69, 9.17) is 5.73 Å². The van der Waals surface area contributed by atoms with Crippen LogP contribution in [-0.2, 0) is 0 Å². The van der Waals surface area contributed by atoms with Crippen LogP contribution in [0.1, 0.15) is 58.8 Å². The fourth-order valence-electron chi connectivity index (χ4n) is 3.57. The van der Waals surface area contributed by atoms with Gasteiger partial charge in [0.2, 0.25) is 0 Å². The van der Waals surface area contributed by atoms with Crippen LogP contribution in [-0.4, -0.2) is 29.6 Å². The molecule has 2 nitrogen and oxygen atoms in total. The summed E-state index contributed by atoms with van der Waals surface area (Å²) in [6.45, 7) is 7.23. The minimum Gasteiger partial charge on any atom is -0.326 e. The molecule has 2 fully saturated rings. The first-order valence-electron chi connectivity index (χ1n) is 7.13. The van der Waals surface area contributed by atoms with Crippen molar-refractivity contribution < 1.29 is 0 Å². The lowest BCUT2D eigenvalue weighted by Crippen LogP contribution is -2.58. The van der Waals surface area contributed by atoms with E-state index in [1.54, 1.807) is 0 Å². The molecule has 2 rings (SSSR count). The Hall–Kier alpha value is -0.0800. The van der Waals surface area contributed by atoms with Gasteiger partial charge >= 0.3 is 0 Å². The monoisotopic (exact) mass is 224 g/mol. The van der Waals surface area contributed by atoms with Gasteiger partial charge in [-0.1, -0.05) is 19.3 Å². The van der Waals surface area contributed by atoms with Gasteiger partial charge in [0.15, 0.2) is 0 Å². The lowest BCUT2D eigenvalue weighted by Gasteiger charge is -2.44. The molecule has 0 spiro atoms. The van der Waals surface area contributed by atoms with Gasteiger partial charge in [-0.3, -0.25) is 4.90 Å². The molecule has 0 aromatic heterocycles. The maximum Gasteiger partial charge on any atom is 0.0306 e. The molecule has 1 aliphatic carbocycles.